The van der Waals surface area contributed by atoms with Crippen LogP contribution in [0.5, 0.6) is 0 Å². The number of anilines is 1. The molecule has 1 atom stereocenters. The number of benzene rings is 1. The molecule has 0 radical (unpaired) electrons. The molecule has 1 aromatic carbocycles. The topological polar surface area (TPSA) is 62.5 Å². The number of nitrogens with one attached hydrogen (secondary N) is 1. The van der Waals surface area contributed by atoms with Crippen molar-refractivity contribution in [2.45, 2.75) is 25.6 Å². The maximum absolute atomic E-state index is 13.7. The first-order valence-corrected chi connectivity index (χ1v) is 9.51. The third-order valence-corrected chi connectivity index (χ3v) is 5.20. The van der Waals surface area contributed by atoms with Crippen LogP contribution in [0.3, 0.4) is 0 Å². The zero-order valence-corrected chi connectivity index (χ0v) is 15.9. The molecule has 1 fully saturated rings. The van der Waals surface area contributed by atoms with E-state index in [1.165, 1.54) is 16.5 Å². The Labute approximate surface area is 169 Å². The van der Waals surface area contributed by atoms with Crippen LogP contribution in [0.1, 0.15) is 24.0 Å². The first kappa shape index (κ1) is 20.1. The molecule has 3 heterocycles. The van der Waals surface area contributed by atoms with Gasteiger partial charge in [-0.25, -0.2) is 4.39 Å². The van der Waals surface area contributed by atoms with Crippen molar-refractivity contribution in [2.75, 3.05) is 18.0 Å². The van der Waals surface area contributed by atoms with Crippen molar-refractivity contribution in [3.8, 4) is 0 Å². The lowest BCUT2D eigenvalue weighted by atomic mass is 9.97. The second-order valence-electron chi connectivity index (χ2n) is 7.24. The average Bonchev–Trinajstić information content (AvgIpc) is 3.16. The molecule has 30 heavy (non-hydrogen) atoms. The van der Waals surface area contributed by atoms with Gasteiger partial charge >= 0.3 is 6.18 Å². The van der Waals surface area contributed by atoms with Gasteiger partial charge in [0.1, 0.15) is 5.82 Å². The maximum Gasteiger partial charge on any atom is 0.417 e. The van der Waals surface area contributed by atoms with Crippen LogP contribution in [0.15, 0.2) is 42.6 Å². The Kier molecular flexibility index (Phi) is 5.31. The molecule has 1 amide bonds. The molecule has 1 N–H and O–H groups in total. The average molecular weight is 421 g/mol. The SMILES string of the molecule is O=C(NCc1ccccc1F)[C@H]1CCCN(c2nnc3ccc(C(F)(F)F)cn23)C1. The monoisotopic (exact) mass is 421 g/mol. The summed E-state index contributed by atoms with van der Waals surface area (Å²) in [5.74, 6) is -0.738. The van der Waals surface area contributed by atoms with Crippen LogP contribution in [0.4, 0.5) is 23.5 Å². The normalized spacial score (nSPS) is 17.3. The molecule has 0 aliphatic carbocycles. The van der Waals surface area contributed by atoms with Crippen LogP contribution in [-0.2, 0) is 17.5 Å². The first-order chi connectivity index (χ1) is 14.3. The van der Waals surface area contributed by atoms with E-state index in [1.807, 2.05) is 0 Å². The minimum Gasteiger partial charge on any atom is -0.352 e. The van der Waals surface area contributed by atoms with E-state index in [2.05, 4.69) is 15.5 Å². The highest BCUT2D eigenvalue weighted by Crippen LogP contribution is 2.30. The minimum atomic E-state index is -4.48. The number of aromatic nitrogens is 3. The van der Waals surface area contributed by atoms with Gasteiger partial charge in [0.15, 0.2) is 5.65 Å². The number of piperidine rings is 1. The zero-order chi connectivity index (χ0) is 21.3. The molecule has 10 heteroatoms. The van der Waals surface area contributed by atoms with Crippen LogP contribution in [0, 0.1) is 11.7 Å². The van der Waals surface area contributed by atoms with Gasteiger partial charge in [0.05, 0.1) is 11.5 Å². The van der Waals surface area contributed by atoms with Crippen LogP contribution in [0.25, 0.3) is 5.65 Å². The van der Waals surface area contributed by atoms with E-state index >= 15 is 0 Å². The number of amides is 1. The molecule has 4 rings (SSSR count). The summed E-state index contributed by atoms with van der Waals surface area (Å²) in [5.41, 5.74) is -0.113. The van der Waals surface area contributed by atoms with E-state index in [1.54, 1.807) is 23.1 Å². The third-order valence-electron chi connectivity index (χ3n) is 5.20. The van der Waals surface area contributed by atoms with E-state index in [-0.39, 0.29) is 24.3 Å². The predicted molar refractivity (Wildman–Crippen MR) is 101 cm³/mol. The van der Waals surface area contributed by atoms with E-state index in [9.17, 15) is 22.4 Å². The molecular weight excluding hydrogens is 402 g/mol. The van der Waals surface area contributed by atoms with Crippen LogP contribution >= 0.6 is 0 Å². The first-order valence-electron chi connectivity index (χ1n) is 9.51. The minimum absolute atomic E-state index is 0.0742. The van der Waals surface area contributed by atoms with E-state index in [0.717, 1.165) is 12.3 Å². The largest absolute Gasteiger partial charge is 0.417 e. The van der Waals surface area contributed by atoms with Gasteiger partial charge in [0.25, 0.3) is 0 Å². The Morgan fingerprint density at radius 1 is 1.17 bits per heavy atom. The number of halogens is 4. The molecular formula is C20H19F4N5O. The van der Waals surface area contributed by atoms with Gasteiger partial charge < -0.3 is 10.2 Å². The number of carbonyl (C=O) groups excluding carboxylic acids is 1. The van der Waals surface area contributed by atoms with E-state index < -0.39 is 17.6 Å². The highest BCUT2D eigenvalue weighted by atomic mass is 19.4. The quantitative estimate of drug-likeness (QED) is 0.656. The number of carbonyl (C=O) groups is 1. The molecule has 0 unspecified atom stereocenters. The van der Waals surface area contributed by atoms with Gasteiger partial charge in [0.2, 0.25) is 11.9 Å². The van der Waals surface area contributed by atoms with E-state index in [4.69, 9.17) is 0 Å². The number of fused-ring (bicyclic) bond motifs is 1. The van der Waals surface area contributed by atoms with Gasteiger partial charge in [-0.2, -0.15) is 13.2 Å². The Bertz CT molecular complexity index is 1060. The number of hydrogen-bond donors (Lipinski definition) is 1. The third kappa shape index (κ3) is 4.07. The summed E-state index contributed by atoms with van der Waals surface area (Å²) >= 11 is 0. The highest BCUT2D eigenvalue weighted by molar-refractivity contribution is 5.79. The summed E-state index contributed by atoms with van der Waals surface area (Å²) in [4.78, 5) is 14.4. The smallest absolute Gasteiger partial charge is 0.352 e. The molecule has 1 saturated heterocycles. The van der Waals surface area contributed by atoms with Gasteiger partial charge in [-0.1, -0.05) is 18.2 Å². The van der Waals surface area contributed by atoms with Gasteiger partial charge in [0, 0.05) is 31.4 Å². The van der Waals surface area contributed by atoms with Gasteiger partial charge in [-0.3, -0.25) is 9.20 Å². The molecule has 0 spiro atoms. The summed E-state index contributed by atoms with van der Waals surface area (Å²) in [6.07, 6.45) is -2.21. The van der Waals surface area contributed by atoms with Gasteiger partial charge in [-0.05, 0) is 31.0 Å². The fraction of sp³-hybridized carbons (Fsp3) is 0.350. The molecule has 2 aromatic heterocycles. The Morgan fingerprint density at radius 3 is 2.73 bits per heavy atom. The summed E-state index contributed by atoms with van der Waals surface area (Å²) in [6.45, 7) is 0.916. The van der Waals surface area contributed by atoms with Crippen LogP contribution < -0.4 is 10.2 Å². The Morgan fingerprint density at radius 2 is 1.97 bits per heavy atom. The molecule has 0 saturated carbocycles. The van der Waals surface area contributed by atoms with Gasteiger partial charge in [-0.15, -0.1) is 10.2 Å². The van der Waals surface area contributed by atoms with Crippen LogP contribution in [-0.4, -0.2) is 33.6 Å². The van der Waals surface area contributed by atoms with Crippen molar-refractivity contribution in [1.82, 2.24) is 19.9 Å². The number of alkyl halides is 3. The standard InChI is InChI=1S/C20H19F4N5O/c21-16-6-2-1-4-13(16)10-25-18(30)14-5-3-9-28(11-14)19-27-26-17-8-7-15(12-29(17)19)20(22,23)24/h1-2,4,6-8,12,14H,3,5,9-11H2,(H,25,30)/t14-/m0/s1. The lowest BCUT2D eigenvalue weighted by Gasteiger charge is -2.32. The second kappa shape index (κ2) is 7.92. The summed E-state index contributed by atoms with van der Waals surface area (Å²) in [5, 5.41) is 10.7. The van der Waals surface area contributed by atoms with E-state index in [0.29, 0.717) is 37.1 Å². The van der Waals surface area contributed by atoms with Crippen molar-refractivity contribution in [3.63, 3.8) is 0 Å². The van der Waals surface area contributed by atoms with Crippen molar-refractivity contribution in [1.29, 1.82) is 0 Å². The zero-order valence-electron chi connectivity index (χ0n) is 15.9. The number of pyridine rings is 1. The summed E-state index contributed by atoms with van der Waals surface area (Å²) < 4.78 is 54.2. The summed E-state index contributed by atoms with van der Waals surface area (Å²) in [7, 11) is 0. The Balaban J connectivity index is 1.48. The van der Waals surface area contributed by atoms with Crippen molar-refractivity contribution >= 4 is 17.5 Å². The molecule has 1 aliphatic heterocycles. The lowest BCUT2D eigenvalue weighted by Crippen LogP contribution is -2.43. The fourth-order valence-electron chi connectivity index (χ4n) is 3.60. The van der Waals surface area contributed by atoms with Crippen molar-refractivity contribution in [3.05, 3.63) is 59.5 Å². The number of hydrogen-bond acceptors (Lipinski definition) is 4. The maximum atomic E-state index is 13.7. The predicted octanol–water partition coefficient (Wildman–Crippen LogP) is 3.42. The fourth-order valence-corrected chi connectivity index (χ4v) is 3.60. The molecule has 158 valence electrons. The number of nitrogens with zero attached hydrogens (tertiary/aromatic N) is 4. The van der Waals surface area contributed by atoms with Crippen molar-refractivity contribution in [2.24, 2.45) is 5.92 Å². The molecule has 0 bridgehead atoms. The molecule has 1 aliphatic rings. The van der Waals surface area contributed by atoms with Crippen molar-refractivity contribution < 1.29 is 22.4 Å². The second-order valence-corrected chi connectivity index (χ2v) is 7.24. The summed E-state index contributed by atoms with van der Waals surface area (Å²) in [6, 6.07) is 8.43. The Hall–Kier alpha value is -3.17. The molecule has 6 nitrogen and oxygen atoms in total. The highest BCUT2D eigenvalue weighted by Gasteiger charge is 2.32. The van der Waals surface area contributed by atoms with Crippen LogP contribution in [0.2, 0.25) is 0 Å². The molecule has 3 aromatic rings. The number of rotatable bonds is 4. The lowest BCUT2D eigenvalue weighted by molar-refractivity contribution is -0.137.